The molecule has 3 aliphatic heterocycles. The Bertz CT molecular complexity index is 2000. The van der Waals surface area contributed by atoms with Crippen LogP contribution in [0.2, 0.25) is 5.02 Å². The van der Waals surface area contributed by atoms with Crippen LogP contribution in [0.4, 0.5) is 5.69 Å². The van der Waals surface area contributed by atoms with Gasteiger partial charge < -0.3 is 19.1 Å². The van der Waals surface area contributed by atoms with Crippen LogP contribution in [0.15, 0.2) is 59.0 Å². The lowest BCUT2D eigenvalue weighted by Crippen LogP contribution is -2.49. The molecule has 13 heteroatoms. The summed E-state index contributed by atoms with van der Waals surface area (Å²) in [7, 11) is -1.81. The van der Waals surface area contributed by atoms with E-state index in [-0.39, 0.29) is 34.4 Å². The Morgan fingerprint density at radius 2 is 2.04 bits per heavy atom. The molecule has 8 rings (SSSR count). The number of allylic oxidation sites excluding steroid dienone is 1. The van der Waals surface area contributed by atoms with Crippen LogP contribution < -0.4 is 19.1 Å². The Kier molecular flexibility index (Phi) is 9.12. The van der Waals surface area contributed by atoms with Crippen LogP contribution >= 0.6 is 11.6 Å². The second-order valence-electron chi connectivity index (χ2n) is 14.8. The van der Waals surface area contributed by atoms with Crippen molar-refractivity contribution in [2.24, 2.45) is 22.1 Å². The molecule has 1 fully saturated rings. The third-order valence-electron chi connectivity index (χ3n) is 11.3. The Morgan fingerprint density at radius 3 is 2.84 bits per heavy atom. The molecule has 0 radical (unpaired) electrons. The SMILES string of the molecule is CO[C@H]1/C=C\C[C@H](C)CS(=O)(NC(=O)c2cc3n(n2)CCO3)=NC(=O)c2ccc3c(c2)N(C[C@@H]2CC[C@H]21)C[C@@]1(CCCc2cc(Cl)ccc21)CO3. The van der Waals surface area contributed by atoms with Gasteiger partial charge in [0.1, 0.15) is 22.3 Å². The predicted octanol–water partition coefficient (Wildman–Crippen LogP) is 5.99. The molecule has 2 bridgehead atoms. The van der Waals surface area contributed by atoms with Crippen LogP contribution in [-0.2, 0) is 33.0 Å². The number of anilines is 1. The van der Waals surface area contributed by atoms with Crippen molar-refractivity contribution >= 4 is 39.0 Å². The van der Waals surface area contributed by atoms with E-state index in [1.165, 1.54) is 17.2 Å². The van der Waals surface area contributed by atoms with E-state index in [2.05, 4.69) is 43.4 Å². The van der Waals surface area contributed by atoms with Crippen molar-refractivity contribution in [3.63, 3.8) is 0 Å². The summed E-state index contributed by atoms with van der Waals surface area (Å²) in [5.41, 5.74) is 3.42. The largest absolute Gasteiger partial charge is 0.490 e. The molecule has 2 amide bonds. The smallest absolute Gasteiger partial charge is 0.286 e. The summed E-state index contributed by atoms with van der Waals surface area (Å²) in [6.07, 6.45) is 9.82. The first kappa shape index (κ1) is 34.2. The minimum atomic E-state index is -3.57. The summed E-state index contributed by atoms with van der Waals surface area (Å²) in [6.45, 7) is 4.93. The Morgan fingerprint density at radius 1 is 1.16 bits per heavy atom. The minimum absolute atomic E-state index is 0.0191. The van der Waals surface area contributed by atoms with E-state index in [9.17, 15) is 13.8 Å². The molecule has 1 N–H and O–H groups in total. The van der Waals surface area contributed by atoms with Gasteiger partial charge >= 0.3 is 0 Å². The van der Waals surface area contributed by atoms with Crippen molar-refractivity contribution in [2.75, 3.05) is 44.1 Å². The quantitative estimate of drug-likeness (QED) is 0.326. The van der Waals surface area contributed by atoms with Crippen molar-refractivity contribution in [1.82, 2.24) is 14.5 Å². The van der Waals surface area contributed by atoms with Gasteiger partial charge in [0.05, 0.1) is 30.7 Å². The maximum atomic E-state index is 14.5. The number of benzene rings is 2. The summed E-state index contributed by atoms with van der Waals surface area (Å²) in [6, 6.07) is 13.1. The number of carbonyl (C=O) groups is 2. The molecule has 1 spiro atoms. The van der Waals surface area contributed by atoms with E-state index < -0.39 is 21.7 Å². The van der Waals surface area contributed by atoms with Gasteiger partial charge in [-0.3, -0.25) is 14.3 Å². The summed E-state index contributed by atoms with van der Waals surface area (Å²) >= 11 is 6.46. The fourth-order valence-electron chi connectivity index (χ4n) is 8.59. The van der Waals surface area contributed by atoms with Gasteiger partial charge in [-0.25, -0.2) is 8.89 Å². The highest BCUT2D eigenvalue weighted by Gasteiger charge is 2.44. The maximum Gasteiger partial charge on any atom is 0.286 e. The maximum absolute atomic E-state index is 14.5. The first-order valence-electron chi connectivity index (χ1n) is 17.9. The standard InChI is InChI=1S/C38H44ClN5O6S/c1-24-5-3-7-33(48-2)29-11-8-27(29)20-43-22-38(14-4-6-25-17-28(39)10-12-30(25)38)23-50-34-13-9-26(18-32(34)43)36(45)41-51(47,21-24)42-37(46)31-19-35-44(40-31)15-16-49-35/h3,7,9-10,12-13,17-19,24,27,29,33H,4-6,8,11,14-16,20-23H2,1-2H3,(H,41,42,45,46,47)/b7-3-/t24-,27-,29+,33-,38-,51?/m0/s1. The van der Waals surface area contributed by atoms with Gasteiger partial charge in [0, 0.05) is 42.3 Å². The van der Waals surface area contributed by atoms with E-state index >= 15 is 0 Å². The molecule has 11 nitrogen and oxygen atoms in total. The van der Waals surface area contributed by atoms with E-state index in [0.717, 1.165) is 49.4 Å². The molecule has 51 heavy (non-hydrogen) atoms. The average molecular weight is 734 g/mol. The van der Waals surface area contributed by atoms with Crippen LogP contribution in [0, 0.1) is 17.8 Å². The van der Waals surface area contributed by atoms with Crippen LogP contribution in [0.3, 0.4) is 0 Å². The van der Waals surface area contributed by atoms with Crippen LogP contribution in [0.5, 0.6) is 11.6 Å². The lowest BCUT2D eigenvalue weighted by molar-refractivity contribution is 0.0131. The topological polar surface area (TPSA) is 124 Å². The number of carbonyl (C=O) groups excluding carboxylic acids is 2. The van der Waals surface area contributed by atoms with Gasteiger partial charge in [0.25, 0.3) is 11.8 Å². The number of ether oxygens (including phenoxy) is 3. The van der Waals surface area contributed by atoms with E-state index in [1.807, 2.05) is 25.1 Å². The van der Waals surface area contributed by atoms with Gasteiger partial charge in [0.2, 0.25) is 5.88 Å². The van der Waals surface area contributed by atoms with Crippen molar-refractivity contribution in [2.45, 2.75) is 63.5 Å². The first-order valence-corrected chi connectivity index (χ1v) is 20.0. The van der Waals surface area contributed by atoms with E-state index in [1.54, 1.807) is 17.9 Å². The number of hydrogen-bond donors (Lipinski definition) is 1. The summed E-state index contributed by atoms with van der Waals surface area (Å²) in [5.74, 6) is 0.371. The fraction of sp³-hybridized carbons (Fsp3) is 0.500. The zero-order valence-corrected chi connectivity index (χ0v) is 30.6. The number of aromatic nitrogens is 2. The van der Waals surface area contributed by atoms with Crippen LogP contribution in [0.25, 0.3) is 0 Å². The molecule has 3 aromatic rings. The number of amides is 2. The molecule has 1 saturated carbocycles. The monoisotopic (exact) mass is 733 g/mol. The van der Waals surface area contributed by atoms with Crippen LogP contribution in [0.1, 0.15) is 71.0 Å². The minimum Gasteiger partial charge on any atom is -0.490 e. The highest BCUT2D eigenvalue weighted by molar-refractivity contribution is 7.92. The molecule has 1 unspecified atom stereocenters. The van der Waals surface area contributed by atoms with Gasteiger partial charge in [-0.05, 0) is 97.7 Å². The molecule has 4 heterocycles. The van der Waals surface area contributed by atoms with Crippen molar-refractivity contribution < 1.29 is 28.0 Å². The number of fused-ring (bicyclic) bond motifs is 5. The number of rotatable bonds is 3. The molecular weight excluding hydrogens is 690 g/mol. The van der Waals surface area contributed by atoms with Gasteiger partial charge in [-0.1, -0.05) is 36.7 Å². The molecule has 5 aliphatic rings. The molecule has 6 atom stereocenters. The number of nitrogens with one attached hydrogen (secondary N) is 1. The fourth-order valence-corrected chi connectivity index (χ4v) is 10.7. The Labute approximate surface area is 304 Å². The Hall–Kier alpha value is -3.87. The van der Waals surface area contributed by atoms with E-state index in [0.29, 0.717) is 56.2 Å². The highest BCUT2D eigenvalue weighted by Crippen LogP contribution is 2.47. The third-order valence-corrected chi connectivity index (χ3v) is 13.5. The molecule has 1 aromatic heterocycles. The zero-order chi connectivity index (χ0) is 35.3. The number of halogens is 1. The van der Waals surface area contributed by atoms with Gasteiger partial charge in [-0.15, -0.1) is 4.36 Å². The number of methoxy groups -OCH3 is 1. The second-order valence-corrected chi connectivity index (χ2v) is 17.3. The van der Waals surface area contributed by atoms with E-state index in [4.69, 9.17) is 25.8 Å². The summed E-state index contributed by atoms with van der Waals surface area (Å²) in [5, 5.41) is 5.04. The number of nitrogens with zero attached hydrogens (tertiary/aromatic N) is 4. The van der Waals surface area contributed by atoms with Gasteiger partial charge in [-0.2, -0.15) is 5.10 Å². The van der Waals surface area contributed by atoms with Gasteiger partial charge in [0.15, 0.2) is 5.69 Å². The first-order chi connectivity index (χ1) is 24.6. The normalized spacial score (nSPS) is 30.7. The average Bonchev–Trinajstić information content (AvgIpc) is 3.67. The van der Waals surface area contributed by atoms with Crippen LogP contribution in [-0.4, -0.2) is 71.1 Å². The summed E-state index contributed by atoms with van der Waals surface area (Å²) in [4.78, 5) is 29.8. The third kappa shape index (κ3) is 6.66. The van der Waals surface area contributed by atoms with Crippen molar-refractivity contribution in [3.8, 4) is 11.6 Å². The second kappa shape index (κ2) is 13.6. The predicted molar refractivity (Wildman–Crippen MR) is 195 cm³/mol. The molecular formula is C38H44ClN5O6S. The van der Waals surface area contributed by atoms with Crippen molar-refractivity contribution in [3.05, 3.63) is 82.0 Å². The number of hydrogen-bond acceptors (Lipinski definition) is 8. The summed E-state index contributed by atoms with van der Waals surface area (Å²) < 4.78 is 41.2. The molecule has 0 saturated heterocycles. The molecule has 270 valence electrons. The lowest BCUT2D eigenvalue weighted by atomic mass is 9.68. The Balaban J connectivity index is 1.19. The zero-order valence-electron chi connectivity index (χ0n) is 29.0. The lowest BCUT2D eigenvalue weighted by Gasteiger charge is -2.46. The highest BCUT2D eigenvalue weighted by atomic mass is 35.5. The number of aryl methyl sites for hydroxylation is 1. The molecule has 2 aliphatic carbocycles. The molecule has 2 aromatic carbocycles. The van der Waals surface area contributed by atoms with Crippen molar-refractivity contribution in [1.29, 1.82) is 0 Å².